The van der Waals surface area contributed by atoms with Crippen molar-refractivity contribution in [2.45, 2.75) is 58.3 Å². The Morgan fingerprint density at radius 2 is 1.82 bits per heavy atom. The van der Waals surface area contributed by atoms with E-state index in [0.29, 0.717) is 23.6 Å². The smallest absolute Gasteiger partial charge is 0.334 e. The predicted octanol–water partition coefficient (Wildman–Crippen LogP) is 3.71. The van der Waals surface area contributed by atoms with E-state index in [1.54, 1.807) is 16.7 Å². The lowest BCUT2D eigenvalue weighted by atomic mass is 9.77. The highest BCUT2D eigenvalue weighted by Gasteiger charge is 2.62. The topological polar surface area (TPSA) is 75.9 Å². The minimum Gasteiger partial charge on any atom is -0.467 e. The van der Waals surface area contributed by atoms with Crippen molar-refractivity contribution in [3.63, 3.8) is 0 Å². The van der Waals surface area contributed by atoms with Crippen LogP contribution >= 0.6 is 0 Å². The number of benzene rings is 1. The maximum Gasteiger partial charge on any atom is 0.334 e. The van der Waals surface area contributed by atoms with Gasteiger partial charge in [-0.05, 0) is 44.4 Å². The molecule has 0 bridgehead atoms. The maximum atomic E-state index is 13.8. The van der Waals surface area contributed by atoms with E-state index < -0.39 is 11.6 Å². The van der Waals surface area contributed by atoms with Crippen LogP contribution in [0.2, 0.25) is 0 Å². The minimum atomic E-state index is -1.16. The van der Waals surface area contributed by atoms with E-state index >= 15 is 0 Å². The molecule has 1 N–H and O–H groups in total. The normalized spacial score (nSPS) is 20.3. The summed E-state index contributed by atoms with van der Waals surface area (Å²) in [7, 11) is 1.40. The molecule has 0 saturated heterocycles. The molecule has 33 heavy (non-hydrogen) atoms. The molecule has 7 nitrogen and oxygen atoms in total. The number of hydrogen-bond donors (Lipinski definition) is 1. The van der Waals surface area contributed by atoms with E-state index in [1.165, 1.54) is 7.11 Å². The van der Waals surface area contributed by atoms with Crippen molar-refractivity contribution in [1.29, 1.82) is 0 Å². The van der Waals surface area contributed by atoms with Crippen molar-refractivity contribution in [1.82, 2.24) is 14.7 Å². The van der Waals surface area contributed by atoms with Gasteiger partial charge in [0.2, 0.25) is 0 Å². The van der Waals surface area contributed by atoms with Crippen LogP contribution in [0.1, 0.15) is 51.8 Å². The molecule has 3 aromatic rings. The van der Waals surface area contributed by atoms with Gasteiger partial charge in [-0.15, -0.1) is 0 Å². The monoisotopic (exact) mass is 448 g/mol. The van der Waals surface area contributed by atoms with Gasteiger partial charge < -0.3 is 15.0 Å². The number of ether oxygens (including phenoxy) is 1. The van der Waals surface area contributed by atoms with Crippen LogP contribution in [0.3, 0.4) is 0 Å². The van der Waals surface area contributed by atoms with Crippen LogP contribution in [0.15, 0.2) is 59.5 Å². The third kappa shape index (κ3) is 3.70. The quantitative estimate of drug-likeness (QED) is 0.600. The summed E-state index contributed by atoms with van der Waals surface area (Å²) < 4.78 is 6.97. The number of nitrogens with zero attached hydrogens (tertiary/aromatic N) is 3. The summed E-state index contributed by atoms with van der Waals surface area (Å²) in [6.45, 7) is 10.5. The van der Waals surface area contributed by atoms with Crippen molar-refractivity contribution in [3.05, 3.63) is 76.2 Å². The third-order valence-electron chi connectivity index (χ3n) is 6.33. The number of esters is 1. The van der Waals surface area contributed by atoms with Crippen molar-refractivity contribution >= 4 is 17.4 Å². The first-order valence-corrected chi connectivity index (χ1v) is 11.3. The molecule has 3 heterocycles. The Balaban J connectivity index is 2.08. The van der Waals surface area contributed by atoms with E-state index in [1.807, 2.05) is 82.0 Å². The zero-order chi connectivity index (χ0) is 24.0. The van der Waals surface area contributed by atoms with E-state index in [2.05, 4.69) is 5.32 Å². The molecular weight excluding hydrogens is 416 g/mol. The number of hydrogen-bond acceptors (Lipinski definition) is 6. The molecule has 0 fully saturated rings. The lowest BCUT2D eigenvalue weighted by molar-refractivity contribution is -0.150. The Kier molecular flexibility index (Phi) is 5.78. The third-order valence-corrected chi connectivity index (χ3v) is 6.33. The standard InChI is InChI=1S/C26H32N4O3/c1-17(2)26(24(32)33-6)21(28-25(3,4)5)20-22(30(26)16-18-12-8-7-9-13-18)27-19-14-10-11-15-29(19)23(20)31/h7-15,17,21,28H,16H2,1-6H3/t21-,26+/m1/s1. The van der Waals surface area contributed by atoms with Gasteiger partial charge in [0.1, 0.15) is 11.5 Å². The van der Waals surface area contributed by atoms with Gasteiger partial charge in [-0.25, -0.2) is 9.78 Å². The maximum absolute atomic E-state index is 13.8. The molecule has 0 unspecified atom stereocenters. The zero-order valence-electron chi connectivity index (χ0n) is 20.1. The second kappa shape index (κ2) is 8.30. The fraction of sp³-hybridized carbons (Fsp3) is 0.423. The number of methoxy groups -OCH3 is 1. The summed E-state index contributed by atoms with van der Waals surface area (Å²) in [6, 6.07) is 14.8. The van der Waals surface area contributed by atoms with Gasteiger partial charge in [-0.3, -0.25) is 9.20 Å². The highest BCUT2D eigenvalue weighted by atomic mass is 16.5. The largest absolute Gasteiger partial charge is 0.467 e. The van der Waals surface area contributed by atoms with E-state index in [-0.39, 0.29) is 23.0 Å². The minimum absolute atomic E-state index is 0.179. The second-order valence-electron chi connectivity index (χ2n) is 9.95. The number of carbonyl (C=O) groups is 1. The second-order valence-corrected chi connectivity index (χ2v) is 9.95. The summed E-state index contributed by atoms with van der Waals surface area (Å²) in [5.74, 6) is -0.0484. The molecule has 174 valence electrons. The fourth-order valence-electron chi connectivity index (χ4n) is 4.96. The first-order chi connectivity index (χ1) is 15.6. The van der Waals surface area contributed by atoms with Crippen molar-refractivity contribution in [2.24, 2.45) is 5.92 Å². The first-order valence-electron chi connectivity index (χ1n) is 11.3. The van der Waals surface area contributed by atoms with Gasteiger partial charge in [0.15, 0.2) is 5.54 Å². The summed E-state index contributed by atoms with van der Waals surface area (Å²) in [5.41, 5.74) is 0.332. The summed E-state index contributed by atoms with van der Waals surface area (Å²) in [5, 5.41) is 3.59. The molecule has 0 amide bonds. The lowest BCUT2D eigenvalue weighted by Crippen LogP contribution is -2.64. The average molecular weight is 449 g/mol. The molecule has 4 rings (SSSR count). The number of anilines is 1. The Morgan fingerprint density at radius 1 is 1.15 bits per heavy atom. The SMILES string of the molecule is COC(=O)[C@]1(C(C)C)[C@H](NC(C)(C)C)c2c(nc3ccccn3c2=O)N1Cc1ccccc1. The average Bonchev–Trinajstić information content (AvgIpc) is 3.03. The number of aromatic nitrogens is 2. The van der Waals surface area contributed by atoms with Gasteiger partial charge >= 0.3 is 5.97 Å². The highest BCUT2D eigenvalue weighted by molar-refractivity contribution is 5.90. The predicted molar refractivity (Wildman–Crippen MR) is 129 cm³/mol. The van der Waals surface area contributed by atoms with E-state index in [0.717, 1.165) is 5.56 Å². The lowest BCUT2D eigenvalue weighted by Gasteiger charge is -2.45. The number of rotatable bonds is 5. The molecule has 2 atom stereocenters. The van der Waals surface area contributed by atoms with Crippen molar-refractivity contribution in [2.75, 3.05) is 12.0 Å². The Morgan fingerprint density at radius 3 is 2.42 bits per heavy atom. The van der Waals surface area contributed by atoms with Gasteiger partial charge in [0.25, 0.3) is 5.56 Å². The Labute approximate surface area is 194 Å². The Hall–Kier alpha value is -3.19. The fourth-order valence-corrected chi connectivity index (χ4v) is 4.96. The van der Waals surface area contributed by atoms with E-state index in [9.17, 15) is 9.59 Å². The molecule has 2 aromatic heterocycles. The zero-order valence-corrected chi connectivity index (χ0v) is 20.1. The van der Waals surface area contributed by atoms with Crippen LogP contribution in [0.25, 0.3) is 5.65 Å². The highest BCUT2D eigenvalue weighted by Crippen LogP contribution is 2.50. The summed E-state index contributed by atoms with van der Waals surface area (Å²) >= 11 is 0. The van der Waals surface area contributed by atoms with E-state index in [4.69, 9.17) is 9.72 Å². The first kappa shape index (κ1) is 23.0. The molecule has 0 radical (unpaired) electrons. The number of nitrogens with one attached hydrogen (secondary N) is 1. The van der Waals surface area contributed by atoms with Crippen molar-refractivity contribution < 1.29 is 9.53 Å². The van der Waals surface area contributed by atoms with Gasteiger partial charge in [0.05, 0.1) is 18.7 Å². The molecule has 0 aliphatic carbocycles. The molecule has 1 aliphatic heterocycles. The van der Waals surface area contributed by atoms with Gasteiger partial charge in [-0.1, -0.05) is 50.2 Å². The number of pyridine rings is 1. The van der Waals surface area contributed by atoms with Crippen molar-refractivity contribution in [3.8, 4) is 0 Å². The molecule has 0 saturated carbocycles. The number of carbonyl (C=O) groups excluding carboxylic acids is 1. The van der Waals surface area contributed by atoms with Crippen LogP contribution in [0.5, 0.6) is 0 Å². The van der Waals surface area contributed by atoms with Crippen LogP contribution < -0.4 is 15.8 Å². The van der Waals surface area contributed by atoms with Crippen LogP contribution in [-0.2, 0) is 16.1 Å². The molecular formula is C26H32N4O3. The Bertz CT molecular complexity index is 1230. The van der Waals surface area contributed by atoms with Crippen LogP contribution in [-0.4, -0.2) is 33.5 Å². The van der Waals surface area contributed by atoms with Crippen LogP contribution in [0.4, 0.5) is 5.82 Å². The van der Waals surface area contributed by atoms with Gasteiger partial charge in [0, 0.05) is 18.3 Å². The van der Waals surface area contributed by atoms with Crippen LogP contribution in [0, 0.1) is 5.92 Å². The molecule has 1 aromatic carbocycles. The molecule has 7 heteroatoms. The summed E-state index contributed by atoms with van der Waals surface area (Å²) in [4.78, 5) is 34.4. The number of fused-ring (bicyclic) bond motifs is 2. The molecule has 0 spiro atoms. The molecule has 1 aliphatic rings. The summed E-state index contributed by atoms with van der Waals surface area (Å²) in [6.07, 6.45) is 1.72. The van der Waals surface area contributed by atoms with Gasteiger partial charge in [-0.2, -0.15) is 0 Å².